The van der Waals surface area contributed by atoms with Crippen molar-refractivity contribution in [1.29, 1.82) is 5.26 Å². The normalized spacial score (nSPS) is 18.8. The second kappa shape index (κ2) is 5.32. The van der Waals surface area contributed by atoms with Gasteiger partial charge >= 0.3 is 6.03 Å². The van der Waals surface area contributed by atoms with Gasteiger partial charge in [0, 0.05) is 18.3 Å². The summed E-state index contributed by atoms with van der Waals surface area (Å²) in [6, 6.07) is 11.3. The number of benzene rings is 1. The molecule has 0 radical (unpaired) electrons. The Hall–Kier alpha value is -2.06. The molecule has 5 nitrogen and oxygen atoms in total. The average Bonchev–Trinajstić information content (AvgIpc) is 2.79. The summed E-state index contributed by atoms with van der Waals surface area (Å²) in [7, 11) is 0. The fourth-order valence-electron chi connectivity index (χ4n) is 1.76. The van der Waals surface area contributed by atoms with Gasteiger partial charge in [0.1, 0.15) is 0 Å². The van der Waals surface area contributed by atoms with E-state index in [9.17, 15) is 4.79 Å². The maximum atomic E-state index is 11.8. The summed E-state index contributed by atoms with van der Waals surface area (Å²) in [5.74, 6) is 0. The van der Waals surface area contributed by atoms with E-state index in [1.54, 1.807) is 0 Å². The van der Waals surface area contributed by atoms with Crippen LogP contribution in [0.2, 0.25) is 0 Å². The number of hydrazine groups is 1. The van der Waals surface area contributed by atoms with Crippen LogP contribution < -0.4 is 10.7 Å². The number of amides is 2. The fourth-order valence-corrected chi connectivity index (χ4v) is 1.76. The van der Waals surface area contributed by atoms with Crippen molar-refractivity contribution in [2.45, 2.75) is 18.9 Å². The highest BCUT2D eigenvalue weighted by atomic mass is 16.2. The van der Waals surface area contributed by atoms with E-state index in [0.717, 1.165) is 12.1 Å². The van der Waals surface area contributed by atoms with Gasteiger partial charge in [0.15, 0.2) is 0 Å². The van der Waals surface area contributed by atoms with Crippen molar-refractivity contribution >= 4 is 11.7 Å². The number of para-hydroxylation sites is 1. The number of nitriles is 1. The van der Waals surface area contributed by atoms with Crippen molar-refractivity contribution in [3.8, 4) is 6.07 Å². The van der Waals surface area contributed by atoms with Crippen molar-refractivity contribution in [1.82, 2.24) is 10.4 Å². The van der Waals surface area contributed by atoms with Crippen LogP contribution in [0.1, 0.15) is 12.8 Å². The van der Waals surface area contributed by atoms with Gasteiger partial charge in [0.25, 0.3) is 0 Å². The van der Waals surface area contributed by atoms with Crippen LogP contribution in [0.4, 0.5) is 10.5 Å². The van der Waals surface area contributed by atoms with E-state index < -0.39 is 0 Å². The Labute approximate surface area is 100.0 Å². The summed E-state index contributed by atoms with van der Waals surface area (Å²) in [5.41, 5.74) is 3.78. The minimum absolute atomic E-state index is 0.0847. The van der Waals surface area contributed by atoms with Crippen molar-refractivity contribution in [3.05, 3.63) is 30.3 Å². The highest BCUT2D eigenvalue weighted by molar-refractivity contribution is 5.89. The fraction of sp³-hybridized carbons (Fsp3) is 0.333. The second-order valence-electron chi connectivity index (χ2n) is 3.92. The summed E-state index contributed by atoms with van der Waals surface area (Å²) in [6.07, 6.45) is 1.24. The summed E-state index contributed by atoms with van der Waals surface area (Å²) >= 11 is 0. The van der Waals surface area contributed by atoms with E-state index in [1.165, 1.54) is 5.01 Å². The standard InChI is InChI=1S/C12H14N4O/c13-8-6-11-7-9-16(15-11)12(17)14-10-4-2-1-3-5-10/h1-5,11,15H,6-7,9H2,(H,14,17). The predicted molar refractivity (Wildman–Crippen MR) is 63.9 cm³/mol. The molecular formula is C12H14N4O. The molecule has 1 aromatic carbocycles. The zero-order valence-electron chi connectivity index (χ0n) is 9.39. The molecule has 5 heteroatoms. The van der Waals surface area contributed by atoms with Crippen molar-refractivity contribution in [2.24, 2.45) is 0 Å². The van der Waals surface area contributed by atoms with Gasteiger partial charge in [-0.15, -0.1) is 0 Å². The smallest absolute Gasteiger partial charge is 0.307 e. The summed E-state index contributed by atoms with van der Waals surface area (Å²) in [4.78, 5) is 11.8. The van der Waals surface area contributed by atoms with Crippen LogP contribution in [0.5, 0.6) is 0 Å². The van der Waals surface area contributed by atoms with Gasteiger partial charge in [0.2, 0.25) is 0 Å². The van der Waals surface area contributed by atoms with Crippen LogP contribution in [-0.4, -0.2) is 23.6 Å². The number of nitrogens with zero attached hydrogens (tertiary/aromatic N) is 2. The van der Waals surface area contributed by atoms with E-state index in [0.29, 0.717) is 13.0 Å². The molecule has 0 aromatic heterocycles. The average molecular weight is 230 g/mol. The molecule has 2 amide bonds. The van der Waals surface area contributed by atoms with E-state index in [4.69, 9.17) is 5.26 Å². The lowest BCUT2D eigenvalue weighted by Gasteiger charge is -2.17. The van der Waals surface area contributed by atoms with Crippen LogP contribution in [0.3, 0.4) is 0 Å². The van der Waals surface area contributed by atoms with Crippen LogP contribution in [0.15, 0.2) is 30.3 Å². The third-order valence-corrected chi connectivity index (χ3v) is 2.65. The maximum Gasteiger partial charge on any atom is 0.336 e. The number of nitrogens with one attached hydrogen (secondary N) is 2. The number of rotatable bonds is 2. The molecule has 1 saturated heterocycles. The monoisotopic (exact) mass is 230 g/mol. The first-order valence-corrected chi connectivity index (χ1v) is 5.56. The Kier molecular flexibility index (Phi) is 3.58. The number of urea groups is 1. The Morgan fingerprint density at radius 1 is 1.53 bits per heavy atom. The highest BCUT2D eigenvalue weighted by Crippen LogP contribution is 2.11. The van der Waals surface area contributed by atoms with Gasteiger partial charge in [-0.3, -0.25) is 5.01 Å². The Morgan fingerprint density at radius 2 is 2.29 bits per heavy atom. The topological polar surface area (TPSA) is 68.2 Å². The van der Waals surface area contributed by atoms with Crippen molar-refractivity contribution in [2.75, 3.05) is 11.9 Å². The molecule has 0 saturated carbocycles. The minimum Gasteiger partial charge on any atom is -0.307 e. The summed E-state index contributed by atoms with van der Waals surface area (Å²) in [6.45, 7) is 0.630. The third kappa shape index (κ3) is 2.95. The molecule has 1 aliphatic heterocycles. The first kappa shape index (κ1) is 11.4. The number of carbonyl (C=O) groups excluding carboxylic acids is 1. The van der Waals surface area contributed by atoms with Gasteiger partial charge in [-0.25, -0.2) is 10.2 Å². The molecule has 0 bridgehead atoms. The molecule has 1 unspecified atom stereocenters. The molecule has 17 heavy (non-hydrogen) atoms. The second-order valence-corrected chi connectivity index (χ2v) is 3.92. The zero-order valence-corrected chi connectivity index (χ0v) is 9.39. The van der Waals surface area contributed by atoms with Gasteiger partial charge in [-0.1, -0.05) is 18.2 Å². The summed E-state index contributed by atoms with van der Waals surface area (Å²) < 4.78 is 0. The molecule has 1 aromatic rings. The first-order chi connectivity index (χ1) is 8.29. The van der Waals surface area contributed by atoms with E-state index in [-0.39, 0.29) is 12.1 Å². The van der Waals surface area contributed by atoms with Crippen molar-refractivity contribution < 1.29 is 4.79 Å². The lowest BCUT2D eigenvalue weighted by Crippen LogP contribution is -2.42. The maximum absolute atomic E-state index is 11.8. The molecule has 2 N–H and O–H groups in total. The van der Waals surface area contributed by atoms with E-state index in [1.807, 2.05) is 30.3 Å². The number of anilines is 1. The lowest BCUT2D eigenvalue weighted by molar-refractivity contribution is 0.201. The van der Waals surface area contributed by atoms with Gasteiger partial charge in [-0.2, -0.15) is 5.26 Å². The Morgan fingerprint density at radius 3 is 3.00 bits per heavy atom. The molecular weight excluding hydrogens is 216 g/mol. The quantitative estimate of drug-likeness (QED) is 0.812. The van der Waals surface area contributed by atoms with Crippen LogP contribution in [0, 0.1) is 11.3 Å². The summed E-state index contributed by atoms with van der Waals surface area (Å²) in [5, 5.41) is 12.9. The van der Waals surface area contributed by atoms with Crippen LogP contribution in [-0.2, 0) is 0 Å². The highest BCUT2D eigenvalue weighted by Gasteiger charge is 2.25. The Balaban J connectivity index is 1.88. The number of hydrogen-bond acceptors (Lipinski definition) is 3. The molecule has 1 fully saturated rings. The molecule has 1 atom stereocenters. The van der Waals surface area contributed by atoms with Crippen LogP contribution in [0.25, 0.3) is 0 Å². The third-order valence-electron chi connectivity index (χ3n) is 2.65. The van der Waals surface area contributed by atoms with E-state index >= 15 is 0 Å². The molecule has 88 valence electrons. The molecule has 1 heterocycles. The zero-order chi connectivity index (χ0) is 12.1. The lowest BCUT2D eigenvalue weighted by atomic mass is 10.2. The predicted octanol–water partition coefficient (Wildman–Crippen LogP) is 1.71. The first-order valence-electron chi connectivity index (χ1n) is 5.56. The van der Waals surface area contributed by atoms with Gasteiger partial charge in [-0.05, 0) is 18.6 Å². The number of hydrogen-bond donors (Lipinski definition) is 2. The molecule has 2 rings (SSSR count). The molecule has 0 spiro atoms. The van der Waals surface area contributed by atoms with E-state index in [2.05, 4.69) is 16.8 Å². The van der Waals surface area contributed by atoms with Gasteiger partial charge < -0.3 is 5.32 Å². The number of carbonyl (C=O) groups is 1. The largest absolute Gasteiger partial charge is 0.336 e. The molecule has 1 aliphatic rings. The Bertz CT molecular complexity index is 426. The SMILES string of the molecule is N#CCC1CCN(C(=O)Nc2ccccc2)N1. The molecule has 0 aliphatic carbocycles. The minimum atomic E-state index is -0.184. The van der Waals surface area contributed by atoms with Gasteiger partial charge in [0.05, 0.1) is 12.5 Å². The van der Waals surface area contributed by atoms with Crippen molar-refractivity contribution in [3.63, 3.8) is 0 Å². The van der Waals surface area contributed by atoms with Crippen LogP contribution >= 0.6 is 0 Å².